The highest BCUT2D eigenvalue weighted by Crippen LogP contribution is 2.11. The SMILES string of the molecule is CCCCCCCCCCCCN(C)C.CCCCCCCCCCCCN(C)C.O=C(O)O. The molecular formula is C29H64N2O3. The normalized spacial score (nSPS) is 10.6. The van der Waals surface area contributed by atoms with Gasteiger partial charge >= 0.3 is 6.16 Å². The predicted molar refractivity (Wildman–Crippen MR) is 151 cm³/mol. The van der Waals surface area contributed by atoms with Gasteiger partial charge in [-0.2, -0.15) is 0 Å². The zero-order valence-electron chi connectivity index (χ0n) is 24.3. The van der Waals surface area contributed by atoms with Crippen molar-refractivity contribution >= 4 is 6.16 Å². The molecule has 0 aromatic rings. The Morgan fingerprint density at radius 3 is 0.794 bits per heavy atom. The van der Waals surface area contributed by atoms with Crippen LogP contribution in [0, 0.1) is 0 Å². The van der Waals surface area contributed by atoms with Crippen molar-refractivity contribution < 1.29 is 15.0 Å². The summed E-state index contributed by atoms with van der Waals surface area (Å²) in [7, 11) is 8.64. The summed E-state index contributed by atoms with van der Waals surface area (Å²) in [6, 6.07) is 0. The van der Waals surface area contributed by atoms with E-state index in [1.54, 1.807) is 0 Å². The lowest BCUT2D eigenvalue weighted by atomic mass is 10.1. The lowest BCUT2D eigenvalue weighted by molar-refractivity contribution is 0.137. The molecule has 0 heterocycles. The van der Waals surface area contributed by atoms with Gasteiger partial charge in [-0.3, -0.25) is 0 Å². The quantitative estimate of drug-likeness (QED) is 0.149. The molecule has 0 fully saturated rings. The van der Waals surface area contributed by atoms with Gasteiger partial charge in [0.2, 0.25) is 0 Å². The van der Waals surface area contributed by atoms with E-state index in [0.29, 0.717) is 0 Å². The van der Waals surface area contributed by atoms with Crippen LogP contribution in [0.15, 0.2) is 0 Å². The van der Waals surface area contributed by atoms with E-state index in [1.165, 1.54) is 142 Å². The summed E-state index contributed by atoms with van der Waals surface area (Å²) in [5.74, 6) is 0. The van der Waals surface area contributed by atoms with Crippen LogP contribution in [0.3, 0.4) is 0 Å². The molecule has 0 saturated carbocycles. The average molecular weight is 489 g/mol. The summed E-state index contributed by atoms with van der Waals surface area (Å²) < 4.78 is 0. The van der Waals surface area contributed by atoms with Gasteiger partial charge < -0.3 is 20.0 Å². The van der Waals surface area contributed by atoms with E-state index in [2.05, 4.69) is 51.8 Å². The summed E-state index contributed by atoms with van der Waals surface area (Å²) in [5.41, 5.74) is 0. The standard InChI is InChI=1S/2C14H31N.CH2O3/c2*1-4-5-6-7-8-9-10-11-12-13-14-15(2)3;2-1(3)4/h2*4-14H2,1-3H3;(H2,2,3,4). The van der Waals surface area contributed by atoms with Gasteiger partial charge in [0.1, 0.15) is 0 Å². The van der Waals surface area contributed by atoms with Gasteiger partial charge in [0, 0.05) is 0 Å². The second-order valence-electron chi connectivity index (χ2n) is 10.3. The first-order valence-corrected chi connectivity index (χ1v) is 14.5. The molecule has 208 valence electrons. The van der Waals surface area contributed by atoms with Crippen molar-refractivity contribution in [2.45, 2.75) is 142 Å². The third-order valence-electron chi connectivity index (χ3n) is 5.92. The highest BCUT2D eigenvalue weighted by molar-refractivity contribution is 5.53. The molecule has 0 amide bonds. The molecular weight excluding hydrogens is 424 g/mol. The number of unbranched alkanes of at least 4 members (excludes halogenated alkanes) is 18. The fourth-order valence-electron chi connectivity index (χ4n) is 3.83. The number of rotatable bonds is 22. The molecule has 0 aromatic carbocycles. The summed E-state index contributed by atoms with van der Waals surface area (Å²) in [6.45, 7) is 7.09. The second kappa shape index (κ2) is 34.4. The van der Waals surface area contributed by atoms with Crippen molar-refractivity contribution in [1.82, 2.24) is 9.80 Å². The van der Waals surface area contributed by atoms with Crippen molar-refractivity contribution in [2.24, 2.45) is 0 Å². The lowest BCUT2D eigenvalue weighted by Gasteiger charge is -2.08. The first kappa shape index (κ1) is 37.7. The lowest BCUT2D eigenvalue weighted by Crippen LogP contribution is -2.12. The largest absolute Gasteiger partial charge is 0.503 e. The van der Waals surface area contributed by atoms with E-state index in [1.807, 2.05) is 0 Å². The molecule has 5 heteroatoms. The van der Waals surface area contributed by atoms with Crippen LogP contribution < -0.4 is 0 Å². The number of hydrogen-bond donors (Lipinski definition) is 2. The molecule has 0 aliphatic heterocycles. The van der Waals surface area contributed by atoms with Crippen LogP contribution in [0.5, 0.6) is 0 Å². The van der Waals surface area contributed by atoms with Crippen LogP contribution in [0.1, 0.15) is 142 Å². The molecule has 2 N–H and O–H groups in total. The first-order valence-electron chi connectivity index (χ1n) is 14.5. The zero-order valence-corrected chi connectivity index (χ0v) is 24.3. The monoisotopic (exact) mass is 488 g/mol. The zero-order chi connectivity index (χ0) is 26.3. The number of carbonyl (C=O) groups is 1. The Balaban J connectivity index is -0.000000488. The minimum atomic E-state index is -1.83. The van der Waals surface area contributed by atoms with Gasteiger partial charge in [0.15, 0.2) is 0 Å². The van der Waals surface area contributed by atoms with Crippen molar-refractivity contribution in [3.8, 4) is 0 Å². The molecule has 0 rings (SSSR count). The van der Waals surface area contributed by atoms with E-state index < -0.39 is 6.16 Å². The van der Waals surface area contributed by atoms with Crippen LogP contribution in [-0.2, 0) is 0 Å². The molecule has 0 aliphatic carbocycles. The molecule has 0 radical (unpaired) electrons. The summed E-state index contributed by atoms with van der Waals surface area (Å²) >= 11 is 0. The molecule has 0 unspecified atom stereocenters. The third-order valence-corrected chi connectivity index (χ3v) is 5.92. The van der Waals surface area contributed by atoms with Gasteiger partial charge in [-0.1, -0.05) is 129 Å². The Morgan fingerprint density at radius 1 is 0.441 bits per heavy atom. The Kier molecular flexibility index (Phi) is 38.1. The van der Waals surface area contributed by atoms with E-state index in [4.69, 9.17) is 15.0 Å². The van der Waals surface area contributed by atoms with Gasteiger partial charge in [-0.25, -0.2) is 4.79 Å². The average Bonchev–Trinajstić information content (AvgIpc) is 2.76. The highest BCUT2D eigenvalue weighted by atomic mass is 16.6. The van der Waals surface area contributed by atoms with Gasteiger partial charge in [-0.05, 0) is 54.1 Å². The first-order chi connectivity index (χ1) is 16.3. The van der Waals surface area contributed by atoms with Crippen molar-refractivity contribution in [1.29, 1.82) is 0 Å². The van der Waals surface area contributed by atoms with Crippen LogP contribution in [-0.4, -0.2) is 67.4 Å². The van der Waals surface area contributed by atoms with E-state index in [0.717, 1.165) is 0 Å². The molecule has 0 saturated heterocycles. The fraction of sp³-hybridized carbons (Fsp3) is 0.966. The maximum absolute atomic E-state index is 8.56. The molecule has 0 aliphatic rings. The Bertz CT molecular complexity index is 331. The van der Waals surface area contributed by atoms with Crippen LogP contribution in [0.4, 0.5) is 4.79 Å². The molecule has 0 bridgehead atoms. The van der Waals surface area contributed by atoms with Gasteiger partial charge in [-0.15, -0.1) is 0 Å². The molecule has 0 spiro atoms. The summed E-state index contributed by atoms with van der Waals surface area (Å²) in [6.07, 6.45) is 26.9. The fourth-order valence-corrected chi connectivity index (χ4v) is 3.83. The topological polar surface area (TPSA) is 64.0 Å². The van der Waals surface area contributed by atoms with Crippen molar-refractivity contribution in [2.75, 3.05) is 41.3 Å². The summed E-state index contributed by atoms with van der Waals surface area (Å²) in [4.78, 5) is 13.1. The molecule has 0 aromatic heterocycles. The number of nitrogens with zero attached hydrogens (tertiary/aromatic N) is 2. The highest BCUT2D eigenvalue weighted by Gasteiger charge is 1.94. The van der Waals surface area contributed by atoms with Crippen LogP contribution in [0.2, 0.25) is 0 Å². The van der Waals surface area contributed by atoms with Crippen LogP contribution >= 0.6 is 0 Å². The Morgan fingerprint density at radius 2 is 0.618 bits per heavy atom. The van der Waals surface area contributed by atoms with E-state index >= 15 is 0 Å². The van der Waals surface area contributed by atoms with Crippen molar-refractivity contribution in [3.63, 3.8) is 0 Å². The number of carboxylic acid groups (broad SMARTS) is 2. The molecule has 0 atom stereocenters. The smallest absolute Gasteiger partial charge is 0.450 e. The van der Waals surface area contributed by atoms with Crippen molar-refractivity contribution in [3.05, 3.63) is 0 Å². The minimum Gasteiger partial charge on any atom is -0.450 e. The predicted octanol–water partition coefficient (Wildman–Crippen LogP) is 9.16. The third kappa shape index (κ3) is 52.9. The Hall–Kier alpha value is -0.810. The summed E-state index contributed by atoms with van der Waals surface area (Å²) in [5, 5.41) is 13.9. The minimum absolute atomic E-state index is 1.26. The second-order valence-corrected chi connectivity index (χ2v) is 10.3. The number of hydrogen-bond acceptors (Lipinski definition) is 3. The van der Waals surface area contributed by atoms with Gasteiger partial charge in [0.25, 0.3) is 0 Å². The van der Waals surface area contributed by atoms with E-state index in [9.17, 15) is 0 Å². The molecule has 5 nitrogen and oxygen atoms in total. The van der Waals surface area contributed by atoms with Crippen LogP contribution in [0.25, 0.3) is 0 Å². The maximum atomic E-state index is 8.56. The molecule has 34 heavy (non-hydrogen) atoms. The Labute approximate surface area is 214 Å². The van der Waals surface area contributed by atoms with Gasteiger partial charge in [0.05, 0.1) is 0 Å². The maximum Gasteiger partial charge on any atom is 0.503 e. The van der Waals surface area contributed by atoms with E-state index in [-0.39, 0.29) is 0 Å².